The van der Waals surface area contributed by atoms with Gasteiger partial charge in [0.25, 0.3) is 0 Å². The van der Waals surface area contributed by atoms with Crippen LogP contribution >= 0.6 is 0 Å². The average molecular weight is 383 g/mol. The van der Waals surface area contributed by atoms with Gasteiger partial charge in [-0.2, -0.15) is 0 Å². The van der Waals surface area contributed by atoms with Crippen LogP contribution in [-0.4, -0.2) is 172 Å². The van der Waals surface area contributed by atoms with Gasteiger partial charge in [0.1, 0.15) is 6.04 Å². The third kappa shape index (κ3) is 22.3. The molecule has 0 aromatic heterocycles. The fourth-order valence-electron chi connectivity index (χ4n) is 1.03. The molecular formula is C11H21BCaNNa3O6. The molecule has 0 spiro atoms. The molecule has 0 radical (unpaired) electrons. The molecule has 0 amide bonds. The summed E-state index contributed by atoms with van der Waals surface area (Å²) in [5.74, 6) is -2.20. The quantitative estimate of drug-likeness (QED) is 0.325. The van der Waals surface area contributed by atoms with E-state index in [0.717, 1.165) is 0 Å². The monoisotopic (exact) mass is 383 g/mol. The number of hydrogen-bond donors (Lipinski definition) is 5. The molecule has 0 bridgehead atoms. The van der Waals surface area contributed by atoms with Crippen molar-refractivity contribution in [3.05, 3.63) is 30.3 Å². The summed E-state index contributed by atoms with van der Waals surface area (Å²) in [7, 11) is -1.34. The summed E-state index contributed by atoms with van der Waals surface area (Å²) in [6.45, 7) is 0. The van der Waals surface area contributed by atoms with Crippen molar-refractivity contribution in [3.8, 4) is 0 Å². The predicted octanol–water partition coefficient (Wildman–Crippen LogP) is -4.23. The van der Waals surface area contributed by atoms with E-state index in [0.29, 0.717) is 5.46 Å². The first-order chi connectivity index (χ1) is 8.84. The van der Waals surface area contributed by atoms with Crippen LogP contribution in [0.15, 0.2) is 30.3 Å². The van der Waals surface area contributed by atoms with E-state index in [4.69, 9.17) is 26.0 Å². The van der Waals surface area contributed by atoms with E-state index < -0.39 is 25.1 Å². The zero-order chi connectivity index (χ0) is 14.8. The topological polar surface area (TPSA) is 141 Å². The van der Waals surface area contributed by atoms with E-state index in [2.05, 4.69) is 0 Å². The SMILES string of the molecule is N[C@@H](CCC(=O)O)C(=O)O.OB(O)c1ccccc1.[CaH2].[NaH].[NaH].[NaH]. The molecule has 23 heavy (non-hydrogen) atoms. The minimum atomic E-state index is -1.34. The van der Waals surface area contributed by atoms with Crippen LogP contribution in [0, 0.1) is 0 Å². The molecule has 12 heteroatoms. The molecule has 0 aliphatic carbocycles. The molecule has 0 unspecified atom stereocenters. The number of nitrogens with two attached hydrogens (primary N) is 1. The molecule has 1 rings (SSSR count). The molecule has 7 nitrogen and oxygen atoms in total. The van der Waals surface area contributed by atoms with Crippen LogP contribution in [0.25, 0.3) is 0 Å². The molecule has 6 N–H and O–H groups in total. The third-order valence-electron chi connectivity index (χ3n) is 2.08. The standard InChI is InChI=1S/C6H7BO2.C5H9NO4.Ca.3Na.5H/c8-7(9)6-4-2-1-3-5-6;6-3(5(9)10)1-2-4(7)8;;;;;;;;;/h1-5,8-9H;3H,1-2,6H2,(H,7,8)(H,9,10);;;;;;;;;/t;3-;;;;;;;;;/m.0........./s1. The van der Waals surface area contributed by atoms with Crippen LogP contribution in [0.1, 0.15) is 12.8 Å². The van der Waals surface area contributed by atoms with Gasteiger partial charge >= 0.3 is 145 Å². The van der Waals surface area contributed by atoms with Crippen LogP contribution < -0.4 is 11.2 Å². The summed E-state index contributed by atoms with van der Waals surface area (Å²) in [4.78, 5) is 19.9. The molecule has 0 heterocycles. The Morgan fingerprint density at radius 1 is 1.04 bits per heavy atom. The van der Waals surface area contributed by atoms with E-state index in [-0.39, 0.29) is 139 Å². The maximum atomic E-state index is 9.99. The fraction of sp³-hybridized carbons (Fsp3) is 0.273. The van der Waals surface area contributed by atoms with Crippen molar-refractivity contribution < 1.29 is 29.9 Å². The van der Waals surface area contributed by atoms with Crippen molar-refractivity contribution in [1.82, 2.24) is 0 Å². The van der Waals surface area contributed by atoms with Gasteiger partial charge < -0.3 is 26.0 Å². The van der Waals surface area contributed by atoms with E-state index in [1.54, 1.807) is 24.3 Å². The van der Waals surface area contributed by atoms with Gasteiger partial charge in [-0.3, -0.25) is 9.59 Å². The molecule has 1 atom stereocenters. The molecular weight excluding hydrogens is 362 g/mol. The van der Waals surface area contributed by atoms with Gasteiger partial charge in [-0.15, -0.1) is 0 Å². The number of carbonyl (C=O) groups is 2. The van der Waals surface area contributed by atoms with E-state index in [1.807, 2.05) is 6.07 Å². The summed E-state index contributed by atoms with van der Waals surface area (Å²) in [5, 5.41) is 33.4. The van der Waals surface area contributed by atoms with Crippen LogP contribution in [0.5, 0.6) is 0 Å². The number of carboxylic acid groups (broad SMARTS) is 2. The van der Waals surface area contributed by atoms with Crippen molar-refractivity contribution >= 4 is 151 Å². The molecule has 1 aromatic carbocycles. The first kappa shape index (κ1) is 36.3. The van der Waals surface area contributed by atoms with Gasteiger partial charge in [0.2, 0.25) is 0 Å². The van der Waals surface area contributed by atoms with Crippen LogP contribution in [0.2, 0.25) is 0 Å². The summed E-state index contributed by atoms with van der Waals surface area (Å²) in [6.07, 6.45) is -0.224. The maximum absolute atomic E-state index is 9.99. The van der Waals surface area contributed by atoms with Crippen molar-refractivity contribution in [2.24, 2.45) is 5.73 Å². The van der Waals surface area contributed by atoms with Crippen LogP contribution in [-0.2, 0) is 9.59 Å². The summed E-state index contributed by atoms with van der Waals surface area (Å²) in [5.41, 5.74) is 5.53. The Bertz CT molecular complexity index is 416. The van der Waals surface area contributed by atoms with Crippen molar-refractivity contribution in [1.29, 1.82) is 0 Å². The Labute approximate surface area is 231 Å². The molecule has 114 valence electrons. The van der Waals surface area contributed by atoms with Crippen molar-refractivity contribution in [2.45, 2.75) is 18.9 Å². The van der Waals surface area contributed by atoms with Gasteiger partial charge in [0, 0.05) is 6.42 Å². The molecule has 0 aliphatic heterocycles. The number of hydrogen-bond acceptors (Lipinski definition) is 5. The number of rotatable bonds is 5. The van der Waals surface area contributed by atoms with Gasteiger partial charge in [0.15, 0.2) is 0 Å². The van der Waals surface area contributed by atoms with Gasteiger partial charge in [-0.05, 0) is 11.9 Å². The summed E-state index contributed by atoms with van der Waals surface area (Å²) in [6, 6.07) is 7.60. The normalized spacial score (nSPS) is 9.00. The van der Waals surface area contributed by atoms with E-state index in [9.17, 15) is 9.59 Å². The van der Waals surface area contributed by atoms with Gasteiger partial charge in [-0.1, -0.05) is 30.3 Å². The third-order valence-corrected chi connectivity index (χ3v) is 2.08. The average Bonchev–Trinajstić information content (AvgIpc) is 2.37. The Hall–Kier alpha value is 2.36. The minimum absolute atomic E-state index is 0. The van der Waals surface area contributed by atoms with E-state index >= 15 is 0 Å². The fourth-order valence-corrected chi connectivity index (χ4v) is 1.03. The number of carboxylic acids is 2. The van der Waals surface area contributed by atoms with Crippen molar-refractivity contribution in [2.75, 3.05) is 0 Å². The Kier molecular flexibility index (Phi) is 35.4. The zero-order valence-electron chi connectivity index (χ0n) is 10.1. The summed E-state index contributed by atoms with van der Waals surface area (Å²) < 4.78 is 0. The molecule has 0 aliphatic rings. The molecule has 1 aromatic rings. The van der Waals surface area contributed by atoms with Gasteiger partial charge in [-0.25, -0.2) is 0 Å². The molecule has 0 saturated heterocycles. The first-order valence-electron chi connectivity index (χ1n) is 5.46. The molecule has 0 saturated carbocycles. The molecule has 0 fully saturated rings. The van der Waals surface area contributed by atoms with Gasteiger partial charge in [0.05, 0.1) is 0 Å². The van der Waals surface area contributed by atoms with Crippen molar-refractivity contribution in [3.63, 3.8) is 0 Å². The number of aliphatic carboxylic acids is 2. The Balaban J connectivity index is -0.0000000801. The Morgan fingerprint density at radius 2 is 1.48 bits per heavy atom. The van der Waals surface area contributed by atoms with Crippen LogP contribution in [0.4, 0.5) is 0 Å². The second-order valence-corrected chi connectivity index (χ2v) is 3.66. The second kappa shape index (κ2) is 22.4. The van der Waals surface area contributed by atoms with Crippen LogP contribution in [0.3, 0.4) is 0 Å². The first-order valence-corrected chi connectivity index (χ1v) is 5.46. The summed E-state index contributed by atoms with van der Waals surface area (Å²) >= 11 is 0. The zero-order valence-corrected chi connectivity index (χ0v) is 10.1. The number of benzene rings is 1. The predicted molar refractivity (Wildman–Crippen MR) is 98.7 cm³/mol. The second-order valence-electron chi connectivity index (χ2n) is 3.66. The Morgan fingerprint density at radius 3 is 1.74 bits per heavy atom. The van der Waals surface area contributed by atoms with E-state index in [1.165, 1.54) is 0 Å².